The molecule has 4 rings (SSSR count). The Balaban J connectivity index is 1.54. The van der Waals surface area contributed by atoms with Gasteiger partial charge in [0, 0.05) is 51.2 Å². The lowest BCUT2D eigenvalue weighted by Crippen LogP contribution is -2.44. The number of likely N-dealkylation sites (N-methyl/N-ethyl adjacent to an activating group) is 1. The van der Waals surface area contributed by atoms with Gasteiger partial charge in [-0.1, -0.05) is 18.2 Å². The lowest BCUT2D eigenvalue weighted by molar-refractivity contribution is -0.127. The molecule has 2 saturated heterocycles. The van der Waals surface area contributed by atoms with E-state index in [1.807, 2.05) is 18.2 Å². The maximum atomic E-state index is 12.1. The topological polar surface area (TPSA) is 66.4 Å². The number of aliphatic imine (C=N–C) groups is 1. The van der Waals surface area contributed by atoms with Crippen molar-refractivity contribution in [3.8, 4) is 5.75 Å². The number of rotatable bonds is 3. The predicted octanol–water partition coefficient (Wildman–Crippen LogP) is 1.66. The molecular formula is C21H30N4O3. The molecule has 3 aliphatic rings. The van der Waals surface area contributed by atoms with E-state index in [0.29, 0.717) is 6.61 Å². The van der Waals surface area contributed by atoms with Crippen LogP contribution in [0.4, 0.5) is 0 Å². The van der Waals surface area contributed by atoms with E-state index in [2.05, 4.69) is 16.3 Å². The summed E-state index contributed by atoms with van der Waals surface area (Å²) in [6, 6.07) is 8.28. The Labute approximate surface area is 166 Å². The van der Waals surface area contributed by atoms with Gasteiger partial charge in [0.15, 0.2) is 5.96 Å². The zero-order valence-corrected chi connectivity index (χ0v) is 16.8. The number of nitrogens with one attached hydrogen (secondary N) is 1. The van der Waals surface area contributed by atoms with E-state index < -0.39 is 0 Å². The van der Waals surface area contributed by atoms with Gasteiger partial charge in [0.25, 0.3) is 0 Å². The molecule has 0 saturated carbocycles. The van der Waals surface area contributed by atoms with Crippen molar-refractivity contribution in [2.75, 3.05) is 53.6 Å². The highest BCUT2D eigenvalue weighted by atomic mass is 16.5. The minimum atomic E-state index is 0.00443. The Morgan fingerprint density at radius 1 is 1.32 bits per heavy atom. The number of para-hydroxylation sites is 1. The van der Waals surface area contributed by atoms with Crippen LogP contribution in [0, 0.1) is 5.41 Å². The smallest absolute Gasteiger partial charge is 0.243 e. The average molecular weight is 386 g/mol. The van der Waals surface area contributed by atoms with Crippen molar-refractivity contribution >= 4 is 11.9 Å². The summed E-state index contributed by atoms with van der Waals surface area (Å²) in [6.07, 6.45) is 3.09. The highest BCUT2D eigenvalue weighted by molar-refractivity contribution is 5.85. The molecule has 3 heterocycles. The van der Waals surface area contributed by atoms with Gasteiger partial charge in [-0.2, -0.15) is 0 Å². The highest BCUT2D eigenvalue weighted by Crippen LogP contribution is 2.38. The SMILES string of the molecule is CN(C)C(=O)CN=C(NC1CCOc2ccccc21)N1CCC2(CCOC2)C1. The second kappa shape index (κ2) is 7.99. The fourth-order valence-electron chi connectivity index (χ4n) is 4.26. The second-order valence-electron chi connectivity index (χ2n) is 8.27. The first-order chi connectivity index (χ1) is 13.6. The van der Waals surface area contributed by atoms with Gasteiger partial charge in [0.05, 0.1) is 19.3 Å². The fourth-order valence-corrected chi connectivity index (χ4v) is 4.26. The third-order valence-electron chi connectivity index (χ3n) is 6.05. The molecule has 0 bridgehead atoms. The Morgan fingerprint density at radius 2 is 2.18 bits per heavy atom. The van der Waals surface area contributed by atoms with Crippen molar-refractivity contribution in [2.45, 2.75) is 25.3 Å². The summed E-state index contributed by atoms with van der Waals surface area (Å²) >= 11 is 0. The summed E-state index contributed by atoms with van der Waals surface area (Å²) in [5, 5.41) is 3.64. The van der Waals surface area contributed by atoms with Gasteiger partial charge in [0.1, 0.15) is 12.3 Å². The van der Waals surface area contributed by atoms with Crippen molar-refractivity contribution in [1.82, 2.24) is 15.1 Å². The summed E-state index contributed by atoms with van der Waals surface area (Å²) in [5.41, 5.74) is 1.39. The molecule has 28 heavy (non-hydrogen) atoms. The molecule has 152 valence electrons. The van der Waals surface area contributed by atoms with E-state index in [1.54, 1.807) is 19.0 Å². The summed E-state index contributed by atoms with van der Waals surface area (Å²) in [6.45, 7) is 4.38. The molecule has 0 radical (unpaired) electrons. The molecule has 7 nitrogen and oxygen atoms in total. The van der Waals surface area contributed by atoms with Crippen LogP contribution in [0.3, 0.4) is 0 Å². The molecule has 2 atom stereocenters. The summed E-state index contributed by atoms with van der Waals surface area (Å²) in [5.74, 6) is 1.75. The molecule has 1 amide bonds. The van der Waals surface area contributed by atoms with Crippen LogP contribution in [0.5, 0.6) is 5.75 Å². The molecule has 0 aliphatic carbocycles. The number of nitrogens with zero attached hydrogens (tertiary/aromatic N) is 3. The fraction of sp³-hybridized carbons (Fsp3) is 0.619. The number of carbonyl (C=O) groups is 1. The lowest BCUT2D eigenvalue weighted by Gasteiger charge is -2.31. The van der Waals surface area contributed by atoms with Gasteiger partial charge in [0.2, 0.25) is 5.91 Å². The van der Waals surface area contributed by atoms with Gasteiger partial charge in [-0.25, -0.2) is 4.99 Å². The summed E-state index contributed by atoms with van der Waals surface area (Å²) < 4.78 is 11.5. The molecule has 7 heteroatoms. The van der Waals surface area contributed by atoms with Crippen LogP contribution in [-0.4, -0.2) is 75.2 Å². The number of ether oxygens (including phenoxy) is 2. The maximum Gasteiger partial charge on any atom is 0.243 e. The summed E-state index contributed by atoms with van der Waals surface area (Å²) in [4.78, 5) is 20.7. The third-order valence-corrected chi connectivity index (χ3v) is 6.05. The molecule has 1 N–H and O–H groups in total. The zero-order chi connectivity index (χ0) is 19.6. The number of benzene rings is 1. The van der Waals surface area contributed by atoms with Crippen LogP contribution in [0.25, 0.3) is 0 Å². The summed E-state index contributed by atoms with van der Waals surface area (Å²) in [7, 11) is 3.53. The van der Waals surface area contributed by atoms with Gasteiger partial charge >= 0.3 is 0 Å². The number of amides is 1. The number of fused-ring (bicyclic) bond motifs is 1. The first-order valence-electron chi connectivity index (χ1n) is 10.1. The van der Waals surface area contributed by atoms with E-state index in [-0.39, 0.29) is 23.9 Å². The van der Waals surface area contributed by atoms with Crippen LogP contribution in [0.15, 0.2) is 29.3 Å². The predicted molar refractivity (Wildman–Crippen MR) is 107 cm³/mol. The standard InChI is InChI=1S/C21H30N4O3/c1-24(2)19(26)13-22-20(25-10-8-21(14-25)9-12-27-15-21)23-17-7-11-28-18-6-4-3-5-16(17)18/h3-6,17H,7-15H2,1-2H3,(H,22,23). The van der Waals surface area contributed by atoms with E-state index in [4.69, 9.17) is 14.5 Å². The Bertz CT molecular complexity index is 743. The molecule has 0 aromatic heterocycles. The zero-order valence-electron chi connectivity index (χ0n) is 16.8. The number of hydrogen-bond donors (Lipinski definition) is 1. The lowest BCUT2D eigenvalue weighted by atomic mass is 9.87. The first kappa shape index (κ1) is 19.1. The van der Waals surface area contributed by atoms with E-state index in [9.17, 15) is 4.79 Å². The Kier molecular flexibility index (Phi) is 5.44. The number of carbonyl (C=O) groups excluding carboxylic acids is 1. The minimum Gasteiger partial charge on any atom is -0.493 e. The van der Waals surface area contributed by atoms with E-state index in [1.165, 1.54) is 0 Å². The second-order valence-corrected chi connectivity index (χ2v) is 8.27. The van der Waals surface area contributed by atoms with Gasteiger partial charge in [-0.3, -0.25) is 4.79 Å². The molecule has 1 aromatic carbocycles. The molecular weight excluding hydrogens is 356 g/mol. The maximum absolute atomic E-state index is 12.1. The highest BCUT2D eigenvalue weighted by Gasteiger charge is 2.42. The molecule has 3 aliphatic heterocycles. The molecule has 1 spiro atoms. The van der Waals surface area contributed by atoms with Gasteiger partial charge < -0.3 is 24.6 Å². The van der Waals surface area contributed by atoms with Gasteiger partial charge in [-0.05, 0) is 18.9 Å². The number of guanidine groups is 1. The number of likely N-dealkylation sites (tertiary alicyclic amines) is 1. The van der Waals surface area contributed by atoms with E-state index in [0.717, 1.165) is 62.8 Å². The number of hydrogen-bond acceptors (Lipinski definition) is 4. The average Bonchev–Trinajstić information content (AvgIpc) is 3.34. The van der Waals surface area contributed by atoms with Crippen LogP contribution in [-0.2, 0) is 9.53 Å². The van der Waals surface area contributed by atoms with Crippen molar-refractivity contribution in [2.24, 2.45) is 10.4 Å². The normalized spacial score (nSPS) is 26.9. The Morgan fingerprint density at radius 3 is 2.96 bits per heavy atom. The Hall–Kier alpha value is -2.28. The molecule has 2 unspecified atom stereocenters. The van der Waals surface area contributed by atoms with Crippen molar-refractivity contribution in [3.63, 3.8) is 0 Å². The van der Waals surface area contributed by atoms with Crippen LogP contribution in [0.1, 0.15) is 30.9 Å². The van der Waals surface area contributed by atoms with Crippen LogP contribution < -0.4 is 10.1 Å². The molecule has 1 aromatic rings. The third kappa shape index (κ3) is 3.94. The van der Waals surface area contributed by atoms with E-state index >= 15 is 0 Å². The van der Waals surface area contributed by atoms with Crippen molar-refractivity contribution < 1.29 is 14.3 Å². The van der Waals surface area contributed by atoms with Crippen LogP contribution >= 0.6 is 0 Å². The quantitative estimate of drug-likeness (QED) is 0.632. The van der Waals surface area contributed by atoms with Gasteiger partial charge in [-0.15, -0.1) is 0 Å². The van der Waals surface area contributed by atoms with Crippen molar-refractivity contribution in [3.05, 3.63) is 29.8 Å². The van der Waals surface area contributed by atoms with Crippen LogP contribution in [0.2, 0.25) is 0 Å². The first-order valence-corrected chi connectivity index (χ1v) is 10.1. The monoisotopic (exact) mass is 386 g/mol. The van der Waals surface area contributed by atoms with Crippen molar-refractivity contribution in [1.29, 1.82) is 0 Å². The minimum absolute atomic E-state index is 0.00443. The largest absolute Gasteiger partial charge is 0.493 e. The molecule has 2 fully saturated rings.